The molecule has 0 saturated carbocycles. The third-order valence-corrected chi connectivity index (χ3v) is 3.11. The van der Waals surface area contributed by atoms with Gasteiger partial charge in [-0.3, -0.25) is 9.59 Å². The minimum absolute atomic E-state index is 0.00882. The summed E-state index contributed by atoms with van der Waals surface area (Å²) in [5.41, 5.74) is 0. The molecule has 0 amide bonds. The SMILES string of the molecule is C=CC(=O)OCC(C(=O)CCC=O)C(C)C(=O)CCC=O. The van der Waals surface area contributed by atoms with E-state index in [1.165, 1.54) is 0 Å². The lowest BCUT2D eigenvalue weighted by Crippen LogP contribution is -2.32. The number of carbonyl (C=O) groups is 5. The maximum absolute atomic E-state index is 12.0. The van der Waals surface area contributed by atoms with E-state index >= 15 is 0 Å². The second-order valence-corrected chi connectivity index (χ2v) is 4.57. The summed E-state index contributed by atoms with van der Waals surface area (Å²) in [6.45, 7) is 4.56. The van der Waals surface area contributed by atoms with Gasteiger partial charge in [0.05, 0.1) is 5.92 Å². The Hall–Kier alpha value is -2.11. The highest BCUT2D eigenvalue weighted by molar-refractivity contribution is 5.91. The van der Waals surface area contributed by atoms with Crippen LogP contribution in [0.1, 0.15) is 32.6 Å². The van der Waals surface area contributed by atoms with Gasteiger partial charge in [0.25, 0.3) is 0 Å². The molecule has 0 rings (SSSR count). The van der Waals surface area contributed by atoms with Crippen molar-refractivity contribution >= 4 is 30.1 Å². The quantitative estimate of drug-likeness (QED) is 0.304. The van der Waals surface area contributed by atoms with Gasteiger partial charge in [0.15, 0.2) is 0 Å². The number of ketones is 2. The largest absolute Gasteiger partial charge is 0.462 e. The smallest absolute Gasteiger partial charge is 0.330 e. The van der Waals surface area contributed by atoms with E-state index in [2.05, 4.69) is 6.58 Å². The number of hydrogen-bond acceptors (Lipinski definition) is 6. The van der Waals surface area contributed by atoms with Crippen LogP contribution in [0.25, 0.3) is 0 Å². The molecule has 2 atom stereocenters. The Labute approximate surface area is 123 Å². The first-order valence-electron chi connectivity index (χ1n) is 6.69. The maximum Gasteiger partial charge on any atom is 0.330 e. The number of rotatable bonds is 12. The molecule has 0 aliphatic carbocycles. The number of hydrogen-bond donors (Lipinski definition) is 0. The van der Waals surface area contributed by atoms with Crippen molar-refractivity contribution in [1.82, 2.24) is 0 Å². The number of ether oxygens (including phenoxy) is 1. The molecule has 0 N–H and O–H groups in total. The molecule has 0 aromatic rings. The van der Waals surface area contributed by atoms with Crippen molar-refractivity contribution < 1.29 is 28.7 Å². The van der Waals surface area contributed by atoms with Gasteiger partial charge in [0.1, 0.15) is 30.7 Å². The molecule has 0 heterocycles. The second-order valence-electron chi connectivity index (χ2n) is 4.57. The van der Waals surface area contributed by atoms with E-state index in [1.807, 2.05) is 0 Å². The summed E-state index contributed by atoms with van der Waals surface area (Å²) in [5.74, 6) is -2.74. The predicted molar refractivity (Wildman–Crippen MR) is 74.4 cm³/mol. The first-order chi connectivity index (χ1) is 9.97. The Morgan fingerprint density at radius 1 is 1.05 bits per heavy atom. The van der Waals surface area contributed by atoms with Crippen LogP contribution >= 0.6 is 0 Å². The monoisotopic (exact) mass is 296 g/mol. The topological polar surface area (TPSA) is 94.6 Å². The molecule has 0 aliphatic heterocycles. The van der Waals surface area contributed by atoms with E-state index in [1.54, 1.807) is 6.92 Å². The molecule has 6 heteroatoms. The van der Waals surface area contributed by atoms with Crippen LogP contribution in [0.15, 0.2) is 12.7 Å². The molecule has 6 nitrogen and oxygen atoms in total. The summed E-state index contributed by atoms with van der Waals surface area (Å²) >= 11 is 0. The van der Waals surface area contributed by atoms with Crippen molar-refractivity contribution in [3.63, 3.8) is 0 Å². The van der Waals surface area contributed by atoms with E-state index in [9.17, 15) is 24.0 Å². The maximum atomic E-state index is 12.0. The van der Waals surface area contributed by atoms with Crippen molar-refractivity contribution in [3.05, 3.63) is 12.7 Å². The second kappa shape index (κ2) is 10.7. The lowest BCUT2D eigenvalue weighted by Gasteiger charge is -2.21. The van der Waals surface area contributed by atoms with Crippen LogP contribution in [0.2, 0.25) is 0 Å². The lowest BCUT2D eigenvalue weighted by atomic mass is 9.84. The van der Waals surface area contributed by atoms with Gasteiger partial charge < -0.3 is 14.3 Å². The standard InChI is InChI=1S/C15H20O6/c1-3-15(20)21-10-12(14(19)7-5-9-17)11(2)13(18)6-4-8-16/h3,8-9,11-12H,1,4-7,10H2,2H3. The molecule has 116 valence electrons. The third-order valence-electron chi connectivity index (χ3n) is 3.11. The highest BCUT2D eigenvalue weighted by atomic mass is 16.5. The van der Waals surface area contributed by atoms with E-state index < -0.39 is 17.8 Å². The summed E-state index contributed by atoms with van der Waals surface area (Å²) in [6.07, 6.45) is 2.38. The number of carbonyl (C=O) groups excluding carboxylic acids is 5. The van der Waals surface area contributed by atoms with Gasteiger partial charge in [-0.1, -0.05) is 13.5 Å². The van der Waals surface area contributed by atoms with Crippen LogP contribution in [-0.4, -0.2) is 36.7 Å². The van der Waals surface area contributed by atoms with Gasteiger partial charge >= 0.3 is 5.97 Å². The fourth-order valence-corrected chi connectivity index (χ4v) is 1.79. The minimum atomic E-state index is -0.812. The minimum Gasteiger partial charge on any atom is -0.462 e. The molecule has 0 aromatic carbocycles. The van der Waals surface area contributed by atoms with Gasteiger partial charge in [0.2, 0.25) is 0 Å². The van der Waals surface area contributed by atoms with Crippen molar-refractivity contribution in [1.29, 1.82) is 0 Å². The normalized spacial score (nSPS) is 12.8. The van der Waals surface area contributed by atoms with Crippen LogP contribution in [0, 0.1) is 11.8 Å². The number of Topliss-reactive ketones (excluding diaryl/α,β-unsaturated/α-hetero) is 2. The van der Waals surface area contributed by atoms with Crippen molar-refractivity contribution in [3.8, 4) is 0 Å². The van der Waals surface area contributed by atoms with Crippen LogP contribution in [-0.2, 0) is 28.7 Å². The Bertz CT molecular complexity index is 412. The highest BCUT2D eigenvalue weighted by Gasteiger charge is 2.30. The summed E-state index contributed by atoms with van der Waals surface area (Å²) in [5, 5.41) is 0. The lowest BCUT2D eigenvalue weighted by molar-refractivity contribution is -0.144. The predicted octanol–water partition coefficient (Wildman–Crippen LogP) is 1.06. The zero-order valence-corrected chi connectivity index (χ0v) is 12.1. The summed E-state index contributed by atoms with van der Waals surface area (Å²) < 4.78 is 4.84. The van der Waals surface area contributed by atoms with Gasteiger partial charge in [0, 0.05) is 37.7 Å². The fourth-order valence-electron chi connectivity index (χ4n) is 1.79. The van der Waals surface area contributed by atoms with Crippen LogP contribution in [0.3, 0.4) is 0 Å². The van der Waals surface area contributed by atoms with Gasteiger partial charge in [-0.15, -0.1) is 0 Å². The van der Waals surface area contributed by atoms with Crippen molar-refractivity contribution in [2.45, 2.75) is 32.6 Å². The van der Waals surface area contributed by atoms with E-state index in [0.717, 1.165) is 6.08 Å². The molecule has 2 unspecified atom stereocenters. The average Bonchev–Trinajstić information content (AvgIpc) is 2.49. The van der Waals surface area contributed by atoms with Crippen molar-refractivity contribution in [2.75, 3.05) is 6.61 Å². The highest BCUT2D eigenvalue weighted by Crippen LogP contribution is 2.19. The third kappa shape index (κ3) is 7.29. The molecule has 0 saturated heterocycles. The van der Waals surface area contributed by atoms with E-state index in [-0.39, 0.29) is 43.9 Å². The first kappa shape index (κ1) is 18.9. The molecular formula is C15H20O6. The first-order valence-corrected chi connectivity index (χ1v) is 6.69. The Morgan fingerprint density at radius 2 is 1.57 bits per heavy atom. The summed E-state index contributed by atoms with van der Waals surface area (Å²) in [7, 11) is 0. The summed E-state index contributed by atoms with van der Waals surface area (Å²) in [6, 6.07) is 0. The van der Waals surface area contributed by atoms with Gasteiger partial charge in [-0.25, -0.2) is 4.79 Å². The average molecular weight is 296 g/mol. The van der Waals surface area contributed by atoms with E-state index in [0.29, 0.717) is 12.6 Å². The molecular weight excluding hydrogens is 276 g/mol. The Morgan fingerprint density at radius 3 is 2.05 bits per heavy atom. The summed E-state index contributed by atoms with van der Waals surface area (Å²) in [4.78, 5) is 55.6. The zero-order chi connectivity index (χ0) is 16.3. The fraction of sp³-hybridized carbons (Fsp3) is 0.533. The molecule has 0 aromatic heterocycles. The van der Waals surface area contributed by atoms with Crippen LogP contribution < -0.4 is 0 Å². The molecule has 0 aliphatic rings. The van der Waals surface area contributed by atoms with Gasteiger partial charge in [-0.05, 0) is 0 Å². The molecule has 0 radical (unpaired) electrons. The van der Waals surface area contributed by atoms with Crippen LogP contribution in [0.4, 0.5) is 0 Å². The zero-order valence-electron chi connectivity index (χ0n) is 12.1. The Balaban J connectivity index is 4.82. The Kier molecular flexibility index (Phi) is 9.58. The van der Waals surface area contributed by atoms with Crippen LogP contribution in [0.5, 0.6) is 0 Å². The molecule has 0 fully saturated rings. The van der Waals surface area contributed by atoms with E-state index in [4.69, 9.17) is 4.74 Å². The number of aldehydes is 2. The number of esters is 1. The molecule has 0 spiro atoms. The molecule has 21 heavy (non-hydrogen) atoms. The molecule has 0 bridgehead atoms. The van der Waals surface area contributed by atoms with Gasteiger partial charge in [-0.2, -0.15) is 0 Å². The van der Waals surface area contributed by atoms with Crippen molar-refractivity contribution in [2.24, 2.45) is 11.8 Å².